The van der Waals surface area contributed by atoms with Crippen LogP contribution in [0.1, 0.15) is 56.1 Å². The lowest BCUT2D eigenvalue weighted by Crippen LogP contribution is -2.29. The maximum Gasteiger partial charge on any atom is 0.237 e. The molecular formula is C17H27ClN6O2S. The second kappa shape index (κ2) is 9.86. The minimum absolute atomic E-state index is 0. The predicted molar refractivity (Wildman–Crippen MR) is 104 cm³/mol. The Bertz CT molecular complexity index is 712. The summed E-state index contributed by atoms with van der Waals surface area (Å²) in [7, 11) is 0. The van der Waals surface area contributed by atoms with Crippen LogP contribution in [0.25, 0.3) is 0 Å². The van der Waals surface area contributed by atoms with E-state index in [0.29, 0.717) is 17.6 Å². The van der Waals surface area contributed by atoms with E-state index in [0.717, 1.165) is 75.2 Å². The van der Waals surface area contributed by atoms with E-state index in [9.17, 15) is 0 Å². The van der Waals surface area contributed by atoms with Crippen molar-refractivity contribution >= 4 is 24.2 Å². The SMILES string of the molecule is CCc1noc(CSc2nnc(C3CCNCC3)n2CC2CCCO2)n1.Cl. The Labute approximate surface area is 169 Å². The highest BCUT2D eigenvalue weighted by Crippen LogP contribution is 2.30. The molecule has 0 aliphatic carbocycles. The van der Waals surface area contributed by atoms with Crippen molar-refractivity contribution < 1.29 is 9.26 Å². The molecule has 0 amide bonds. The number of halogens is 1. The second-order valence-corrected chi connectivity index (χ2v) is 7.80. The van der Waals surface area contributed by atoms with Gasteiger partial charge in [0.25, 0.3) is 0 Å². The number of hydrogen-bond donors (Lipinski definition) is 1. The summed E-state index contributed by atoms with van der Waals surface area (Å²) in [5, 5.41) is 17.4. The van der Waals surface area contributed by atoms with E-state index in [1.165, 1.54) is 0 Å². The van der Waals surface area contributed by atoms with Crippen LogP contribution in [0.4, 0.5) is 0 Å². The van der Waals surface area contributed by atoms with Crippen LogP contribution >= 0.6 is 24.2 Å². The summed E-state index contributed by atoms with van der Waals surface area (Å²) in [5.41, 5.74) is 0. The summed E-state index contributed by atoms with van der Waals surface area (Å²) >= 11 is 1.61. The van der Waals surface area contributed by atoms with Gasteiger partial charge in [-0.15, -0.1) is 22.6 Å². The number of nitrogens with one attached hydrogen (secondary N) is 1. The number of hydrogen-bond acceptors (Lipinski definition) is 8. The van der Waals surface area contributed by atoms with E-state index < -0.39 is 0 Å². The molecular weight excluding hydrogens is 388 g/mol. The van der Waals surface area contributed by atoms with Gasteiger partial charge in [-0.3, -0.25) is 0 Å². The second-order valence-electron chi connectivity index (χ2n) is 6.86. The van der Waals surface area contributed by atoms with Crippen LogP contribution in [-0.4, -0.2) is 50.7 Å². The molecule has 1 N–H and O–H groups in total. The van der Waals surface area contributed by atoms with Crippen LogP contribution in [0.3, 0.4) is 0 Å². The van der Waals surface area contributed by atoms with Crippen LogP contribution in [0, 0.1) is 0 Å². The highest BCUT2D eigenvalue weighted by atomic mass is 35.5. The molecule has 0 bridgehead atoms. The summed E-state index contributed by atoms with van der Waals surface area (Å²) in [5.74, 6) is 3.57. The minimum Gasteiger partial charge on any atom is -0.376 e. The van der Waals surface area contributed by atoms with E-state index in [-0.39, 0.29) is 18.5 Å². The third-order valence-corrected chi connectivity index (χ3v) is 5.96. The van der Waals surface area contributed by atoms with Gasteiger partial charge in [0.05, 0.1) is 18.4 Å². The number of aromatic nitrogens is 5. The zero-order valence-corrected chi connectivity index (χ0v) is 17.2. The quantitative estimate of drug-likeness (QED) is 0.691. The first kappa shape index (κ1) is 20.6. The molecule has 8 nitrogen and oxygen atoms in total. The predicted octanol–water partition coefficient (Wildman–Crippen LogP) is 2.58. The van der Waals surface area contributed by atoms with Crippen molar-refractivity contribution in [2.45, 2.75) is 68.5 Å². The van der Waals surface area contributed by atoms with Gasteiger partial charge < -0.3 is 19.1 Å². The maximum atomic E-state index is 5.87. The number of ether oxygens (including phenoxy) is 1. The molecule has 2 aromatic rings. The summed E-state index contributed by atoms with van der Waals surface area (Å²) in [6.07, 6.45) is 5.51. The highest BCUT2D eigenvalue weighted by molar-refractivity contribution is 7.98. The fraction of sp³-hybridized carbons (Fsp3) is 0.765. The Kier molecular flexibility index (Phi) is 7.51. The van der Waals surface area contributed by atoms with Gasteiger partial charge in [-0.1, -0.05) is 23.8 Å². The van der Waals surface area contributed by atoms with Crippen LogP contribution in [0.5, 0.6) is 0 Å². The van der Waals surface area contributed by atoms with Crippen LogP contribution in [0.15, 0.2) is 9.68 Å². The van der Waals surface area contributed by atoms with Crippen molar-refractivity contribution in [1.29, 1.82) is 0 Å². The smallest absolute Gasteiger partial charge is 0.237 e. The van der Waals surface area contributed by atoms with Crippen molar-refractivity contribution in [2.75, 3.05) is 19.7 Å². The monoisotopic (exact) mass is 414 g/mol. The molecule has 2 saturated heterocycles. The zero-order valence-electron chi connectivity index (χ0n) is 15.6. The van der Waals surface area contributed by atoms with Crippen molar-refractivity contribution in [3.63, 3.8) is 0 Å². The first-order valence-corrected chi connectivity index (χ1v) is 10.5. The Morgan fingerprint density at radius 1 is 1.22 bits per heavy atom. The topological polar surface area (TPSA) is 90.9 Å². The minimum atomic E-state index is 0. The van der Waals surface area contributed by atoms with Crippen molar-refractivity contribution in [2.24, 2.45) is 0 Å². The molecule has 0 spiro atoms. The summed E-state index contributed by atoms with van der Waals surface area (Å²) in [6.45, 7) is 5.80. The third kappa shape index (κ3) is 5.01. The Morgan fingerprint density at radius 3 is 2.78 bits per heavy atom. The average molecular weight is 415 g/mol. The molecule has 4 rings (SSSR count). The van der Waals surface area contributed by atoms with Gasteiger partial charge in [-0.25, -0.2) is 0 Å². The van der Waals surface area contributed by atoms with Gasteiger partial charge in [0.15, 0.2) is 11.0 Å². The van der Waals surface area contributed by atoms with Gasteiger partial charge in [-0.05, 0) is 38.8 Å². The summed E-state index contributed by atoms with van der Waals surface area (Å²) in [4.78, 5) is 4.38. The van der Waals surface area contributed by atoms with E-state index >= 15 is 0 Å². The lowest BCUT2D eigenvalue weighted by molar-refractivity contribution is 0.0936. The fourth-order valence-electron chi connectivity index (χ4n) is 3.57. The first-order chi connectivity index (χ1) is 12.8. The lowest BCUT2D eigenvalue weighted by Gasteiger charge is -2.23. The van der Waals surface area contributed by atoms with Crippen molar-refractivity contribution in [3.05, 3.63) is 17.5 Å². The fourth-order valence-corrected chi connectivity index (χ4v) is 4.36. The Balaban J connectivity index is 0.00000210. The van der Waals surface area contributed by atoms with Gasteiger partial charge in [0, 0.05) is 18.9 Å². The maximum absolute atomic E-state index is 5.87. The molecule has 2 aliphatic heterocycles. The molecule has 0 radical (unpaired) electrons. The normalized spacial score (nSPS) is 20.7. The molecule has 27 heavy (non-hydrogen) atoms. The molecule has 2 aromatic heterocycles. The molecule has 10 heteroatoms. The molecule has 2 fully saturated rings. The van der Waals surface area contributed by atoms with Gasteiger partial charge in [0.2, 0.25) is 5.89 Å². The van der Waals surface area contributed by atoms with Crippen molar-refractivity contribution in [1.82, 2.24) is 30.2 Å². The zero-order chi connectivity index (χ0) is 17.8. The Hall–Kier alpha value is -1.16. The van der Waals surface area contributed by atoms with E-state index in [4.69, 9.17) is 9.26 Å². The summed E-state index contributed by atoms with van der Waals surface area (Å²) < 4.78 is 13.4. The number of aryl methyl sites for hydroxylation is 1. The molecule has 2 aliphatic rings. The van der Waals surface area contributed by atoms with Crippen molar-refractivity contribution in [3.8, 4) is 0 Å². The van der Waals surface area contributed by atoms with Gasteiger partial charge in [-0.2, -0.15) is 4.98 Å². The number of nitrogens with zero attached hydrogens (tertiary/aromatic N) is 5. The van der Waals surface area contributed by atoms with Crippen LogP contribution in [-0.2, 0) is 23.5 Å². The Morgan fingerprint density at radius 2 is 2.07 bits per heavy atom. The molecule has 4 heterocycles. The standard InChI is InChI=1S/C17H26N6O2S.ClH/c1-2-14-19-15(25-22-14)11-26-17-21-20-16(12-5-7-18-8-6-12)23(17)10-13-4-3-9-24-13;/h12-13,18H,2-11H2,1H3;1H. The van der Waals surface area contributed by atoms with Gasteiger partial charge >= 0.3 is 0 Å². The molecule has 1 unspecified atom stereocenters. The first-order valence-electron chi connectivity index (χ1n) is 9.53. The lowest BCUT2D eigenvalue weighted by atomic mass is 9.97. The highest BCUT2D eigenvalue weighted by Gasteiger charge is 2.26. The molecule has 1 atom stereocenters. The van der Waals surface area contributed by atoms with Crippen LogP contribution < -0.4 is 5.32 Å². The largest absolute Gasteiger partial charge is 0.376 e. The van der Waals surface area contributed by atoms with Gasteiger partial charge in [0.1, 0.15) is 5.82 Å². The average Bonchev–Trinajstić information content (AvgIpc) is 3.42. The number of rotatable bonds is 7. The number of thioether (sulfide) groups is 1. The number of piperidine rings is 1. The molecule has 150 valence electrons. The molecule has 0 saturated carbocycles. The van der Waals surface area contributed by atoms with E-state index in [1.54, 1.807) is 11.8 Å². The third-order valence-electron chi connectivity index (χ3n) is 5.01. The van der Waals surface area contributed by atoms with E-state index in [2.05, 4.69) is 30.2 Å². The molecule has 0 aromatic carbocycles. The summed E-state index contributed by atoms with van der Waals surface area (Å²) in [6, 6.07) is 0. The van der Waals surface area contributed by atoms with Crippen LogP contribution in [0.2, 0.25) is 0 Å². The van der Waals surface area contributed by atoms with E-state index in [1.807, 2.05) is 6.92 Å².